The zero-order valence-corrected chi connectivity index (χ0v) is 30.4. The van der Waals surface area contributed by atoms with Gasteiger partial charge in [0.25, 0.3) is 5.91 Å². The van der Waals surface area contributed by atoms with Gasteiger partial charge < -0.3 is 20.0 Å². The van der Waals surface area contributed by atoms with Crippen LogP contribution in [0, 0.1) is 5.92 Å². The van der Waals surface area contributed by atoms with E-state index in [1.807, 2.05) is 78.9 Å². The number of benzene rings is 4. The molecule has 8 rings (SSSR count). The molecule has 4 aliphatic heterocycles. The molecule has 4 aromatic rings. The predicted octanol–water partition coefficient (Wildman–Crippen LogP) is 6.21. The molecule has 0 spiro atoms. The maximum Gasteiger partial charge on any atom is 0.264 e. The Hall–Kier alpha value is -5.58. The highest BCUT2D eigenvalue weighted by molar-refractivity contribution is 6.09. The van der Waals surface area contributed by atoms with Crippen molar-refractivity contribution in [1.82, 2.24) is 4.90 Å². The summed E-state index contributed by atoms with van der Waals surface area (Å²) in [6.07, 6.45) is 7.14. The normalized spacial score (nSPS) is 21.5. The van der Waals surface area contributed by atoms with Crippen molar-refractivity contribution in [1.29, 1.82) is 0 Å². The molecule has 0 aromatic heterocycles. The Morgan fingerprint density at radius 3 is 2.13 bits per heavy atom. The lowest BCUT2D eigenvalue weighted by Gasteiger charge is -2.31. The number of aliphatic hydroxyl groups excluding tert-OH is 1. The first-order valence-corrected chi connectivity index (χ1v) is 18.9. The third-order valence-electron chi connectivity index (χ3n) is 11.5. The third-order valence-corrected chi connectivity index (χ3v) is 11.5. The van der Waals surface area contributed by atoms with E-state index in [-0.39, 0.29) is 43.3 Å². The van der Waals surface area contributed by atoms with Crippen LogP contribution in [0.2, 0.25) is 0 Å². The van der Waals surface area contributed by atoms with E-state index in [2.05, 4.69) is 0 Å². The van der Waals surface area contributed by atoms with Crippen molar-refractivity contribution in [3.05, 3.63) is 125 Å². The number of aliphatic hydroxyl groups is 2. The van der Waals surface area contributed by atoms with Gasteiger partial charge >= 0.3 is 0 Å². The van der Waals surface area contributed by atoms with E-state index in [9.17, 15) is 29.4 Å². The van der Waals surface area contributed by atoms with E-state index >= 15 is 0 Å². The van der Waals surface area contributed by atoms with Gasteiger partial charge in [-0.3, -0.25) is 29.0 Å². The Balaban J connectivity index is 1.14. The number of carbonyl (C=O) groups excluding carboxylic acids is 4. The van der Waals surface area contributed by atoms with E-state index in [0.29, 0.717) is 54.9 Å². The summed E-state index contributed by atoms with van der Waals surface area (Å²) in [5.74, 6) is -1.45. The van der Waals surface area contributed by atoms with Crippen molar-refractivity contribution in [2.24, 2.45) is 5.92 Å². The van der Waals surface area contributed by atoms with Crippen molar-refractivity contribution in [2.75, 3.05) is 27.9 Å². The van der Waals surface area contributed by atoms with E-state index < -0.39 is 17.4 Å². The number of likely N-dealkylation sites (tertiary alicyclic amines) is 1. The van der Waals surface area contributed by atoms with Crippen molar-refractivity contribution >= 4 is 52.1 Å². The summed E-state index contributed by atoms with van der Waals surface area (Å²) in [5.41, 5.74) is 4.68. The molecule has 0 aliphatic carbocycles. The molecule has 2 N–H and O–H groups in total. The van der Waals surface area contributed by atoms with Crippen LogP contribution in [0.15, 0.2) is 103 Å². The molecule has 4 heterocycles. The van der Waals surface area contributed by atoms with Gasteiger partial charge in [-0.1, -0.05) is 67.6 Å². The Morgan fingerprint density at radius 2 is 1.46 bits per heavy atom. The van der Waals surface area contributed by atoms with Crippen LogP contribution in [0.1, 0.15) is 61.3 Å². The van der Waals surface area contributed by atoms with Gasteiger partial charge in [0.05, 0.1) is 36.3 Å². The SMILES string of the molecule is C[C@H](/C=C/CC(=O)N1CCC[C@H]1CO)[C@@]1(O)C(=O)N(Cc2cccc(N3C(=O)CCc4ccccc43)c2)c2ccc(N3C(=O)CCc4ccccc43)cc21. The van der Waals surface area contributed by atoms with Gasteiger partial charge in [-0.25, -0.2) is 0 Å². The first kappa shape index (κ1) is 35.4. The van der Waals surface area contributed by atoms with Crippen LogP contribution in [-0.4, -0.2) is 57.9 Å². The van der Waals surface area contributed by atoms with Crippen LogP contribution in [0.3, 0.4) is 0 Å². The second-order valence-electron chi connectivity index (χ2n) is 14.7. The summed E-state index contributed by atoms with van der Waals surface area (Å²) in [7, 11) is 0. The number of carbonyl (C=O) groups is 4. The average molecular weight is 725 g/mol. The van der Waals surface area contributed by atoms with Crippen LogP contribution in [0.5, 0.6) is 0 Å². The highest BCUT2D eigenvalue weighted by Gasteiger charge is 2.53. The summed E-state index contributed by atoms with van der Waals surface area (Å²) in [6, 6.07) is 28.4. The Labute approximate surface area is 314 Å². The number of para-hydroxylation sites is 2. The standard InChI is InChI=1S/C44H44N4O6/c1-29(9-6-17-40(50)45-24-8-14-35(45)28-49)44(54)36-26-34(48-38-16-5-3-12-32(38)19-23-42(48)52)20-21-39(36)46(43(44)53)27-30-10-7-13-33(25-30)47-37-15-4-2-11-31(37)18-22-41(47)51/h2-7,9-13,15-16,20-21,25-26,29,35,49,54H,8,14,17-19,22-24,27-28H2,1H3/b9-6+/t29-,35+,44+/m1/s1. The molecular formula is C44H44N4O6. The number of rotatable bonds is 9. The maximum atomic E-state index is 14.7. The van der Waals surface area contributed by atoms with Gasteiger partial charge in [-0.05, 0) is 84.8 Å². The molecule has 4 aromatic carbocycles. The molecule has 4 amide bonds. The van der Waals surface area contributed by atoms with Crippen LogP contribution >= 0.6 is 0 Å². The number of amides is 4. The Morgan fingerprint density at radius 1 is 0.815 bits per heavy atom. The number of hydrogen-bond donors (Lipinski definition) is 2. The minimum absolute atomic E-state index is 0.000103. The van der Waals surface area contributed by atoms with Gasteiger partial charge in [0.1, 0.15) is 0 Å². The van der Waals surface area contributed by atoms with Crippen molar-refractivity contribution < 1.29 is 29.4 Å². The van der Waals surface area contributed by atoms with E-state index in [0.717, 1.165) is 40.9 Å². The zero-order chi connectivity index (χ0) is 37.6. The van der Waals surface area contributed by atoms with Crippen molar-refractivity contribution in [3.8, 4) is 0 Å². The van der Waals surface area contributed by atoms with E-state index in [4.69, 9.17) is 0 Å². The number of anilines is 5. The van der Waals surface area contributed by atoms with Gasteiger partial charge in [-0.15, -0.1) is 0 Å². The molecule has 276 valence electrons. The van der Waals surface area contributed by atoms with Crippen molar-refractivity contribution in [3.63, 3.8) is 0 Å². The molecule has 4 aliphatic rings. The minimum Gasteiger partial charge on any atom is -0.394 e. The smallest absolute Gasteiger partial charge is 0.264 e. The topological polar surface area (TPSA) is 122 Å². The molecule has 10 heteroatoms. The fraction of sp³-hybridized carbons (Fsp3) is 0.318. The van der Waals surface area contributed by atoms with Gasteiger partial charge in [-0.2, -0.15) is 0 Å². The highest BCUT2D eigenvalue weighted by atomic mass is 16.3. The summed E-state index contributed by atoms with van der Waals surface area (Å²) >= 11 is 0. The van der Waals surface area contributed by atoms with Gasteiger partial charge in [0, 0.05) is 48.7 Å². The van der Waals surface area contributed by atoms with Gasteiger partial charge in [0.15, 0.2) is 5.60 Å². The second-order valence-corrected chi connectivity index (χ2v) is 14.7. The number of hydrogen-bond acceptors (Lipinski definition) is 6. The van der Waals surface area contributed by atoms with E-state index in [1.165, 1.54) is 0 Å². The Kier molecular flexibility index (Phi) is 9.41. The lowest BCUT2D eigenvalue weighted by molar-refractivity contribution is -0.139. The molecular weight excluding hydrogens is 681 g/mol. The lowest BCUT2D eigenvalue weighted by Crippen LogP contribution is -2.44. The minimum atomic E-state index is -2.01. The molecule has 54 heavy (non-hydrogen) atoms. The highest BCUT2D eigenvalue weighted by Crippen LogP contribution is 2.48. The average Bonchev–Trinajstić information content (AvgIpc) is 3.76. The largest absolute Gasteiger partial charge is 0.394 e. The fourth-order valence-corrected chi connectivity index (χ4v) is 8.61. The zero-order valence-electron chi connectivity index (χ0n) is 30.4. The van der Waals surface area contributed by atoms with Crippen LogP contribution < -0.4 is 14.7 Å². The van der Waals surface area contributed by atoms with Gasteiger partial charge in [0.2, 0.25) is 17.7 Å². The number of aryl methyl sites for hydroxylation is 2. The van der Waals surface area contributed by atoms with E-state index in [1.54, 1.807) is 50.8 Å². The predicted molar refractivity (Wildman–Crippen MR) is 207 cm³/mol. The fourth-order valence-electron chi connectivity index (χ4n) is 8.61. The molecule has 3 atom stereocenters. The molecule has 0 radical (unpaired) electrons. The number of nitrogens with zero attached hydrogens (tertiary/aromatic N) is 4. The maximum absolute atomic E-state index is 14.7. The first-order valence-electron chi connectivity index (χ1n) is 18.9. The molecule has 1 fully saturated rings. The molecule has 0 unspecified atom stereocenters. The monoisotopic (exact) mass is 724 g/mol. The lowest BCUT2D eigenvalue weighted by atomic mass is 9.82. The molecule has 0 bridgehead atoms. The first-order chi connectivity index (χ1) is 26.2. The summed E-state index contributed by atoms with van der Waals surface area (Å²) in [5, 5.41) is 22.4. The molecule has 1 saturated heterocycles. The molecule has 10 nitrogen and oxygen atoms in total. The van der Waals surface area contributed by atoms with Crippen molar-refractivity contribution in [2.45, 2.75) is 70.1 Å². The summed E-state index contributed by atoms with van der Waals surface area (Å²) in [6.45, 7) is 2.40. The number of fused-ring (bicyclic) bond motifs is 3. The van der Waals surface area contributed by atoms with Crippen LogP contribution in [0.4, 0.5) is 28.4 Å². The quantitative estimate of drug-likeness (QED) is 0.198. The summed E-state index contributed by atoms with van der Waals surface area (Å²) in [4.78, 5) is 61.1. The van der Waals surface area contributed by atoms with Crippen LogP contribution in [0.25, 0.3) is 0 Å². The van der Waals surface area contributed by atoms with Crippen LogP contribution in [-0.2, 0) is 44.2 Å². The summed E-state index contributed by atoms with van der Waals surface area (Å²) < 4.78 is 0. The molecule has 0 saturated carbocycles. The second kappa shape index (κ2) is 14.3. The third kappa shape index (κ3) is 6.09. The Bertz CT molecular complexity index is 2180.